The van der Waals surface area contributed by atoms with E-state index in [4.69, 9.17) is 15.2 Å². The lowest BCUT2D eigenvalue weighted by atomic mass is 9.65. The first-order valence-electron chi connectivity index (χ1n) is 9.42. The molecule has 24 heavy (non-hydrogen) atoms. The minimum Gasteiger partial charge on any atom is -0.493 e. The smallest absolute Gasteiger partial charge is 0.161 e. The normalized spacial score (nSPS) is 33.8. The molecule has 0 radical (unpaired) electrons. The molecule has 132 valence electrons. The van der Waals surface area contributed by atoms with Crippen LogP contribution in [0.25, 0.3) is 0 Å². The second kappa shape index (κ2) is 6.23. The molecule has 3 atom stereocenters. The quantitative estimate of drug-likeness (QED) is 0.922. The summed E-state index contributed by atoms with van der Waals surface area (Å²) in [7, 11) is 3.43. The van der Waals surface area contributed by atoms with Crippen LogP contribution >= 0.6 is 0 Å². The average molecular weight is 330 g/mol. The predicted molar refractivity (Wildman–Crippen MR) is 95.8 cm³/mol. The summed E-state index contributed by atoms with van der Waals surface area (Å²) in [4.78, 5) is 2.79. The van der Waals surface area contributed by atoms with Crippen molar-refractivity contribution in [1.29, 1.82) is 0 Å². The molecule has 0 aromatic heterocycles. The maximum atomic E-state index is 6.38. The van der Waals surface area contributed by atoms with E-state index in [1.54, 1.807) is 14.2 Å². The van der Waals surface area contributed by atoms with E-state index >= 15 is 0 Å². The number of rotatable bonds is 4. The van der Waals surface area contributed by atoms with Crippen molar-refractivity contribution in [1.82, 2.24) is 4.90 Å². The Kier molecular flexibility index (Phi) is 4.21. The lowest BCUT2D eigenvalue weighted by molar-refractivity contribution is 0.0678. The fourth-order valence-electron chi connectivity index (χ4n) is 5.25. The zero-order chi connectivity index (χ0) is 16.7. The first kappa shape index (κ1) is 16.2. The molecule has 3 unspecified atom stereocenters. The van der Waals surface area contributed by atoms with Gasteiger partial charge in [-0.05, 0) is 62.8 Å². The van der Waals surface area contributed by atoms with Crippen LogP contribution in [0.3, 0.4) is 0 Å². The number of methoxy groups -OCH3 is 2. The molecule has 1 saturated heterocycles. The highest BCUT2D eigenvalue weighted by atomic mass is 16.5. The van der Waals surface area contributed by atoms with Crippen LogP contribution in [-0.4, -0.2) is 43.8 Å². The maximum Gasteiger partial charge on any atom is 0.161 e. The van der Waals surface area contributed by atoms with Crippen molar-refractivity contribution >= 4 is 0 Å². The number of benzene rings is 1. The van der Waals surface area contributed by atoms with Gasteiger partial charge in [-0.15, -0.1) is 0 Å². The highest BCUT2D eigenvalue weighted by molar-refractivity contribution is 5.46. The fraction of sp³-hybridized carbons (Fsp3) is 0.700. The Labute approximate surface area is 145 Å². The van der Waals surface area contributed by atoms with Crippen molar-refractivity contribution in [3.05, 3.63) is 23.8 Å². The average Bonchev–Trinajstić information content (AvgIpc) is 2.92. The third-order valence-electron chi connectivity index (χ3n) is 6.84. The van der Waals surface area contributed by atoms with Gasteiger partial charge in [0.25, 0.3) is 0 Å². The number of nitrogens with two attached hydrogens (primary N) is 1. The molecule has 4 heteroatoms. The van der Waals surface area contributed by atoms with Gasteiger partial charge in [0.05, 0.1) is 14.2 Å². The SMILES string of the molecule is COc1ccc(C23CCC(N)CC2N(C2CCC2)CC3)cc1OC. The number of hydrogen-bond donors (Lipinski definition) is 1. The van der Waals surface area contributed by atoms with Crippen LogP contribution in [0.4, 0.5) is 0 Å². The zero-order valence-corrected chi connectivity index (χ0v) is 15.0. The minimum atomic E-state index is 0.241. The molecule has 2 aliphatic carbocycles. The van der Waals surface area contributed by atoms with Gasteiger partial charge in [-0.2, -0.15) is 0 Å². The second-order valence-corrected chi connectivity index (χ2v) is 7.85. The summed E-state index contributed by atoms with van der Waals surface area (Å²) in [6.45, 7) is 1.22. The van der Waals surface area contributed by atoms with Gasteiger partial charge in [0.2, 0.25) is 0 Å². The zero-order valence-electron chi connectivity index (χ0n) is 15.0. The fourth-order valence-corrected chi connectivity index (χ4v) is 5.25. The molecule has 3 aliphatic rings. The molecule has 1 aromatic rings. The van der Waals surface area contributed by atoms with E-state index in [0.717, 1.165) is 30.4 Å². The van der Waals surface area contributed by atoms with Crippen LogP contribution in [0.1, 0.15) is 50.5 Å². The topological polar surface area (TPSA) is 47.7 Å². The van der Waals surface area contributed by atoms with Gasteiger partial charge >= 0.3 is 0 Å². The number of hydrogen-bond acceptors (Lipinski definition) is 4. The van der Waals surface area contributed by atoms with E-state index in [-0.39, 0.29) is 5.41 Å². The van der Waals surface area contributed by atoms with Gasteiger partial charge in [0, 0.05) is 23.5 Å². The molecule has 1 aromatic carbocycles. The van der Waals surface area contributed by atoms with Crippen LogP contribution in [0.15, 0.2) is 18.2 Å². The Bertz CT molecular complexity index is 601. The molecule has 1 aliphatic heterocycles. The predicted octanol–water partition coefficient (Wildman–Crippen LogP) is 3.08. The Hall–Kier alpha value is -1.26. The number of likely N-dealkylation sites (tertiary alicyclic amines) is 1. The van der Waals surface area contributed by atoms with Gasteiger partial charge in [-0.3, -0.25) is 4.90 Å². The number of ether oxygens (including phenoxy) is 2. The molecule has 2 saturated carbocycles. The largest absolute Gasteiger partial charge is 0.493 e. The monoisotopic (exact) mass is 330 g/mol. The van der Waals surface area contributed by atoms with Gasteiger partial charge in [-0.25, -0.2) is 0 Å². The number of nitrogens with zero attached hydrogens (tertiary/aromatic N) is 1. The van der Waals surface area contributed by atoms with Crippen LogP contribution in [-0.2, 0) is 5.41 Å². The standard InChI is InChI=1S/C20H30N2O2/c1-23-17-7-6-14(12-18(17)24-2)20-9-8-15(21)13-19(20)22(11-10-20)16-4-3-5-16/h6-7,12,15-16,19H,3-5,8-11,13,21H2,1-2H3. The summed E-state index contributed by atoms with van der Waals surface area (Å²) in [5.41, 5.74) is 8.04. The third-order valence-corrected chi connectivity index (χ3v) is 6.84. The van der Waals surface area contributed by atoms with E-state index < -0.39 is 0 Å². The molecule has 4 rings (SSSR count). The van der Waals surface area contributed by atoms with Crippen molar-refractivity contribution in [3.8, 4) is 11.5 Å². The van der Waals surface area contributed by atoms with Crippen LogP contribution in [0.5, 0.6) is 11.5 Å². The second-order valence-electron chi connectivity index (χ2n) is 7.85. The highest BCUT2D eigenvalue weighted by Gasteiger charge is 2.53. The summed E-state index contributed by atoms with van der Waals surface area (Å²) in [6, 6.07) is 8.28. The lowest BCUT2D eigenvalue weighted by Gasteiger charge is -2.48. The van der Waals surface area contributed by atoms with Crippen LogP contribution in [0.2, 0.25) is 0 Å². The molecular weight excluding hydrogens is 300 g/mol. The summed E-state index contributed by atoms with van der Waals surface area (Å²) in [5, 5.41) is 0. The molecule has 4 nitrogen and oxygen atoms in total. The Morgan fingerprint density at radius 3 is 2.54 bits per heavy atom. The molecule has 0 spiro atoms. The first-order valence-corrected chi connectivity index (χ1v) is 9.42. The Morgan fingerprint density at radius 1 is 1.08 bits per heavy atom. The van der Waals surface area contributed by atoms with E-state index in [2.05, 4.69) is 23.1 Å². The maximum absolute atomic E-state index is 6.38. The van der Waals surface area contributed by atoms with Crippen molar-refractivity contribution in [2.75, 3.05) is 20.8 Å². The summed E-state index contributed by atoms with van der Waals surface area (Å²) < 4.78 is 11.0. The molecule has 0 bridgehead atoms. The number of fused-ring (bicyclic) bond motifs is 1. The van der Waals surface area contributed by atoms with Gasteiger partial charge in [0.15, 0.2) is 11.5 Å². The van der Waals surface area contributed by atoms with E-state index in [9.17, 15) is 0 Å². The summed E-state index contributed by atoms with van der Waals surface area (Å²) in [6.07, 6.45) is 8.83. The van der Waals surface area contributed by atoms with Gasteiger partial charge < -0.3 is 15.2 Å². The van der Waals surface area contributed by atoms with Crippen molar-refractivity contribution in [2.24, 2.45) is 5.73 Å². The first-order chi connectivity index (χ1) is 11.7. The molecule has 0 amide bonds. The van der Waals surface area contributed by atoms with E-state index in [0.29, 0.717) is 12.1 Å². The molecular formula is C20H30N2O2. The van der Waals surface area contributed by atoms with Crippen molar-refractivity contribution < 1.29 is 9.47 Å². The summed E-state index contributed by atoms with van der Waals surface area (Å²) in [5.74, 6) is 1.66. The van der Waals surface area contributed by atoms with Gasteiger partial charge in [-0.1, -0.05) is 12.5 Å². The van der Waals surface area contributed by atoms with E-state index in [1.165, 1.54) is 44.2 Å². The van der Waals surface area contributed by atoms with Crippen molar-refractivity contribution in [2.45, 2.75) is 68.5 Å². The molecule has 1 heterocycles. The highest BCUT2D eigenvalue weighted by Crippen LogP contribution is 2.51. The Balaban J connectivity index is 1.71. The Morgan fingerprint density at radius 2 is 1.88 bits per heavy atom. The van der Waals surface area contributed by atoms with Crippen molar-refractivity contribution in [3.63, 3.8) is 0 Å². The summed E-state index contributed by atoms with van der Waals surface area (Å²) >= 11 is 0. The molecule has 2 N–H and O–H groups in total. The van der Waals surface area contributed by atoms with Gasteiger partial charge in [0.1, 0.15) is 0 Å². The third kappa shape index (κ3) is 2.42. The lowest BCUT2D eigenvalue weighted by Crippen LogP contribution is -2.54. The van der Waals surface area contributed by atoms with E-state index in [1.807, 2.05) is 0 Å². The molecule has 3 fully saturated rings. The minimum absolute atomic E-state index is 0.241. The van der Waals surface area contributed by atoms with Crippen LogP contribution < -0.4 is 15.2 Å². The van der Waals surface area contributed by atoms with Crippen LogP contribution in [0, 0.1) is 0 Å².